The number of furan rings is 1. The number of para-hydroxylation sites is 1. The van der Waals surface area contributed by atoms with E-state index in [1.807, 2.05) is 61.5 Å². The number of hydrogen-bond acceptors (Lipinski definition) is 4. The highest BCUT2D eigenvalue weighted by atomic mass is 127. The number of halogens is 1. The summed E-state index contributed by atoms with van der Waals surface area (Å²) in [6.45, 7) is 2.74. The fourth-order valence-electron chi connectivity index (χ4n) is 3.05. The third-order valence-corrected chi connectivity index (χ3v) is 4.96. The molecule has 3 rings (SSSR count). The molecule has 1 amide bonds. The number of carbonyl (C=O) groups is 1. The molecule has 172 valence electrons. The number of likely N-dealkylation sites (N-methyl/N-ethyl adjacent to an activating group) is 1. The van der Waals surface area contributed by atoms with Crippen LogP contribution in [0.4, 0.5) is 0 Å². The lowest BCUT2D eigenvalue weighted by Gasteiger charge is -2.17. The molecule has 7 nitrogen and oxygen atoms in total. The van der Waals surface area contributed by atoms with E-state index in [-0.39, 0.29) is 42.5 Å². The Morgan fingerprint density at radius 2 is 1.88 bits per heavy atom. The van der Waals surface area contributed by atoms with Gasteiger partial charge in [-0.25, -0.2) is 4.99 Å². The lowest BCUT2D eigenvalue weighted by molar-refractivity contribution is -0.127. The molecule has 0 radical (unpaired) electrons. The van der Waals surface area contributed by atoms with E-state index in [1.165, 1.54) is 10.5 Å². The monoisotopic (exact) mass is 550 g/mol. The topological polar surface area (TPSA) is 79.1 Å². The number of nitrogens with zero attached hydrogens (tertiary/aromatic N) is 2. The second kappa shape index (κ2) is 12.3. The van der Waals surface area contributed by atoms with Crippen molar-refractivity contribution >= 4 is 46.8 Å². The quantitative estimate of drug-likeness (QED) is 0.252. The average Bonchev–Trinajstić information content (AvgIpc) is 3.22. The number of amides is 1. The lowest BCUT2D eigenvalue weighted by Crippen LogP contribution is -2.40. The molecule has 32 heavy (non-hydrogen) atoms. The van der Waals surface area contributed by atoms with Gasteiger partial charge in [0.15, 0.2) is 5.96 Å². The van der Waals surface area contributed by atoms with Crippen LogP contribution in [0.2, 0.25) is 0 Å². The second-order valence-corrected chi connectivity index (χ2v) is 7.53. The van der Waals surface area contributed by atoms with E-state index in [9.17, 15) is 4.79 Å². The fraction of sp³-hybridized carbons (Fsp3) is 0.333. The summed E-state index contributed by atoms with van der Waals surface area (Å²) in [5.74, 6) is 2.15. The molecule has 3 aromatic rings. The van der Waals surface area contributed by atoms with Gasteiger partial charge < -0.3 is 24.7 Å². The van der Waals surface area contributed by atoms with E-state index in [0.29, 0.717) is 12.5 Å². The zero-order valence-corrected chi connectivity index (χ0v) is 21.3. The van der Waals surface area contributed by atoms with Crippen LogP contribution in [-0.2, 0) is 11.2 Å². The van der Waals surface area contributed by atoms with Gasteiger partial charge in [0.05, 0.1) is 13.2 Å². The van der Waals surface area contributed by atoms with Gasteiger partial charge in [0, 0.05) is 26.0 Å². The predicted molar refractivity (Wildman–Crippen MR) is 139 cm³/mol. The number of methoxy groups -OCH3 is 1. The van der Waals surface area contributed by atoms with Crippen LogP contribution in [0.1, 0.15) is 24.3 Å². The molecule has 1 atom stereocenters. The molecule has 0 aliphatic rings. The van der Waals surface area contributed by atoms with Gasteiger partial charge in [0.2, 0.25) is 5.91 Å². The normalized spacial score (nSPS) is 12.1. The molecular weight excluding hydrogens is 519 g/mol. The molecule has 1 unspecified atom stereocenters. The molecule has 0 fully saturated rings. The van der Waals surface area contributed by atoms with E-state index >= 15 is 0 Å². The molecule has 2 N–H and O–H groups in total. The number of ether oxygens (including phenoxy) is 1. The maximum atomic E-state index is 12.0. The molecule has 0 spiro atoms. The summed E-state index contributed by atoms with van der Waals surface area (Å²) >= 11 is 0. The number of hydrogen-bond donors (Lipinski definition) is 2. The molecule has 0 aliphatic heterocycles. The van der Waals surface area contributed by atoms with Gasteiger partial charge in [0.1, 0.15) is 23.6 Å². The van der Waals surface area contributed by atoms with Gasteiger partial charge in [-0.3, -0.25) is 4.79 Å². The maximum Gasteiger partial charge on any atom is 0.243 e. The van der Waals surface area contributed by atoms with Crippen LogP contribution in [-0.4, -0.2) is 51.1 Å². The number of rotatable bonds is 8. The van der Waals surface area contributed by atoms with Crippen molar-refractivity contribution in [2.75, 3.05) is 34.3 Å². The molecule has 8 heteroatoms. The van der Waals surface area contributed by atoms with Crippen LogP contribution in [0.25, 0.3) is 11.0 Å². The second-order valence-electron chi connectivity index (χ2n) is 7.53. The van der Waals surface area contributed by atoms with E-state index < -0.39 is 0 Å². The number of nitrogens with one attached hydrogen (secondary N) is 2. The van der Waals surface area contributed by atoms with Crippen molar-refractivity contribution in [3.63, 3.8) is 0 Å². The van der Waals surface area contributed by atoms with Crippen LogP contribution in [0.3, 0.4) is 0 Å². The first-order chi connectivity index (χ1) is 15.0. The number of aliphatic imine (C=N–C) groups is 1. The summed E-state index contributed by atoms with van der Waals surface area (Å²) in [5, 5.41) is 7.72. The summed E-state index contributed by atoms with van der Waals surface area (Å²) in [4.78, 5) is 18.0. The van der Waals surface area contributed by atoms with Crippen LogP contribution in [0.15, 0.2) is 64.0 Å². The molecule has 0 aliphatic carbocycles. The Labute approximate surface area is 206 Å². The number of guanidine groups is 1. The van der Waals surface area contributed by atoms with Crippen molar-refractivity contribution in [2.24, 2.45) is 4.99 Å². The number of fused-ring (bicyclic) bond motifs is 1. The van der Waals surface area contributed by atoms with Crippen molar-refractivity contribution in [3.05, 3.63) is 65.9 Å². The molecule has 1 aromatic heterocycles. The molecule has 0 bridgehead atoms. The standard InChI is InChI=1S/C24H30N4O3.HI/c1-17(22-15-19-7-5-6-8-21(19)31-22)27-24(26-16-23(29)28(2)3)25-14-13-18-9-11-20(30-4)12-10-18;/h5-12,15,17H,13-14,16H2,1-4H3,(H2,25,26,27);1H. The minimum Gasteiger partial charge on any atom is -0.497 e. The SMILES string of the molecule is COc1ccc(CCNC(=NCC(=O)N(C)C)NC(C)c2cc3ccccc3o2)cc1.I. The van der Waals surface area contributed by atoms with Crippen LogP contribution in [0.5, 0.6) is 5.75 Å². The third-order valence-electron chi connectivity index (χ3n) is 4.96. The summed E-state index contributed by atoms with van der Waals surface area (Å²) in [6.07, 6.45) is 0.811. The highest BCUT2D eigenvalue weighted by Gasteiger charge is 2.14. The van der Waals surface area contributed by atoms with Crippen LogP contribution < -0.4 is 15.4 Å². The Hall–Kier alpha value is -2.75. The summed E-state index contributed by atoms with van der Waals surface area (Å²) in [7, 11) is 5.10. The summed E-state index contributed by atoms with van der Waals surface area (Å²) < 4.78 is 11.2. The van der Waals surface area contributed by atoms with Crippen molar-refractivity contribution in [2.45, 2.75) is 19.4 Å². The van der Waals surface area contributed by atoms with Crippen LogP contribution in [0, 0.1) is 0 Å². The van der Waals surface area contributed by atoms with Gasteiger partial charge in [0.25, 0.3) is 0 Å². The maximum absolute atomic E-state index is 12.0. The van der Waals surface area contributed by atoms with Crippen molar-refractivity contribution < 1.29 is 13.9 Å². The molecule has 0 saturated heterocycles. The smallest absolute Gasteiger partial charge is 0.243 e. The first kappa shape index (κ1) is 25.5. The number of benzene rings is 2. The van der Waals surface area contributed by atoms with Gasteiger partial charge >= 0.3 is 0 Å². The van der Waals surface area contributed by atoms with Crippen molar-refractivity contribution in [3.8, 4) is 5.75 Å². The first-order valence-electron chi connectivity index (χ1n) is 10.3. The Morgan fingerprint density at radius 3 is 2.53 bits per heavy atom. The first-order valence-corrected chi connectivity index (χ1v) is 10.3. The minimum absolute atomic E-state index is 0. The fourth-order valence-corrected chi connectivity index (χ4v) is 3.05. The van der Waals surface area contributed by atoms with E-state index in [1.54, 1.807) is 21.2 Å². The van der Waals surface area contributed by atoms with Gasteiger partial charge in [-0.05, 0) is 43.2 Å². The number of carbonyl (C=O) groups excluding carboxylic acids is 1. The predicted octanol–water partition coefficient (Wildman–Crippen LogP) is 3.99. The van der Waals surface area contributed by atoms with Gasteiger partial charge in [-0.15, -0.1) is 24.0 Å². The zero-order valence-electron chi connectivity index (χ0n) is 18.9. The third kappa shape index (κ3) is 7.15. The molecule has 1 heterocycles. The molecule has 2 aromatic carbocycles. The summed E-state index contributed by atoms with van der Waals surface area (Å²) in [5.41, 5.74) is 2.03. The minimum atomic E-state index is -0.117. The Kier molecular flexibility index (Phi) is 9.83. The summed E-state index contributed by atoms with van der Waals surface area (Å²) in [6, 6.07) is 17.8. The van der Waals surface area contributed by atoms with Gasteiger partial charge in [-0.1, -0.05) is 30.3 Å². The Bertz CT molecular complexity index is 998. The van der Waals surface area contributed by atoms with Crippen molar-refractivity contribution in [1.82, 2.24) is 15.5 Å². The van der Waals surface area contributed by atoms with E-state index in [0.717, 1.165) is 28.9 Å². The lowest BCUT2D eigenvalue weighted by atomic mass is 10.1. The van der Waals surface area contributed by atoms with E-state index in [2.05, 4.69) is 15.6 Å². The zero-order chi connectivity index (χ0) is 22.2. The van der Waals surface area contributed by atoms with E-state index in [4.69, 9.17) is 9.15 Å². The molecular formula is C24H31IN4O3. The Morgan fingerprint density at radius 1 is 1.16 bits per heavy atom. The highest BCUT2D eigenvalue weighted by molar-refractivity contribution is 14.0. The largest absolute Gasteiger partial charge is 0.497 e. The Balaban J connectivity index is 0.00000363. The van der Waals surface area contributed by atoms with Crippen LogP contribution >= 0.6 is 24.0 Å². The van der Waals surface area contributed by atoms with Crippen molar-refractivity contribution in [1.29, 1.82) is 0 Å². The van der Waals surface area contributed by atoms with Gasteiger partial charge in [-0.2, -0.15) is 0 Å². The highest BCUT2D eigenvalue weighted by Crippen LogP contribution is 2.23. The average molecular weight is 550 g/mol. The molecule has 0 saturated carbocycles.